The van der Waals surface area contributed by atoms with Crippen LogP contribution in [0.5, 0.6) is 0 Å². The van der Waals surface area contributed by atoms with Crippen molar-refractivity contribution < 1.29 is 0 Å². The van der Waals surface area contributed by atoms with Crippen LogP contribution >= 0.6 is 0 Å². The number of nitrogens with one attached hydrogen (secondary N) is 1. The van der Waals surface area contributed by atoms with Crippen LogP contribution < -0.4 is 0 Å². The van der Waals surface area contributed by atoms with Gasteiger partial charge in [0.2, 0.25) is 0 Å². The first kappa shape index (κ1) is 15.5. The molecule has 0 amide bonds. The zero-order valence-electron chi connectivity index (χ0n) is 14.6. The summed E-state index contributed by atoms with van der Waals surface area (Å²) in [6.45, 7) is 0. The largest absolute Gasteiger partial charge is 0.355 e. The van der Waals surface area contributed by atoms with Gasteiger partial charge in [-0.3, -0.25) is 9.97 Å². The normalized spacial score (nSPS) is 11.0. The van der Waals surface area contributed by atoms with Crippen LogP contribution in [0.25, 0.3) is 43.6 Å². The van der Waals surface area contributed by atoms with Crippen LogP contribution in [0.4, 0.5) is 0 Å². The average molecular weight is 347 g/mol. The van der Waals surface area contributed by atoms with E-state index in [1.807, 2.05) is 12.1 Å². The standard InChI is InChI=1S/C12H8N2.C12H9N/c1-3-9-5-6-10-4-2-8-14-12(10)11(9)13-7-1;1-3-7-11-9(5-1)10-6-2-4-8-12(10)13-11/h1-8H;1-8,13H. The minimum atomic E-state index is 0.977. The van der Waals surface area contributed by atoms with Crippen molar-refractivity contribution in [1.29, 1.82) is 0 Å². The van der Waals surface area contributed by atoms with Gasteiger partial charge in [0, 0.05) is 45.0 Å². The van der Waals surface area contributed by atoms with Crippen molar-refractivity contribution in [3.63, 3.8) is 0 Å². The number of hydrogen-bond acceptors (Lipinski definition) is 2. The van der Waals surface area contributed by atoms with Crippen LogP contribution in [0.15, 0.2) is 97.3 Å². The molecule has 3 aromatic heterocycles. The number of fused-ring (bicyclic) bond motifs is 6. The van der Waals surface area contributed by atoms with E-state index in [1.54, 1.807) is 12.4 Å². The fraction of sp³-hybridized carbons (Fsp3) is 0. The Morgan fingerprint density at radius 2 is 0.963 bits per heavy atom. The van der Waals surface area contributed by atoms with Crippen molar-refractivity contribution in [2.45, 2.75) is 0 Å². The van der Waals surface area contributed by atoms with E-state index in [-0.39, 0.29) is 0 Å². The molecule has 0 aliphatic heterocycles. The van der Waals surface area contributed by atoms with Gasteiger partial charge in [-0.25, -0.2) is 0 Å². The number of aromatic amines is 1. The molecule has 0 radical (unpaired) electrons. The van der Waals surface area contributed by atoms with Crippen molar-refractivity contribution >= 4 is 43.6 Å². The topological polar surface area (TPSA) is 41.6 Å². The lowest BCUT2D eigenvalue weighted by Gasteiger charge is -2.00. The Morgan fingerprint density at radius 1 is 0.481 bits per heavy atom. The summed E-state index contributed by atoms with van der Waals surface area (Å²) in [4.78, 5) is 12.1. The number of H-pyrrole nitrogens is 1. The Labute approximate surface area is 156 Å². The Balaban J connectivity index is 0.000000119. The van der Waals surface area contributed by atoms with E-state index in [0.29, 0.717) is 0 Å². The maximum atomic E-state index is 4.35. The van der Waals surface area contributed by atoms with E-state index in [0.717, 1.165) is 21.8 Å². The van der Waals surface area contributed by atoms with Crippen molar-refractivity contribution in [3.05, 3.63) is 97.3 Å². The van der Waals surface area contributed by atoms with E-state index in [2.05, 4.69) is 87.7 Å². The lowest BCUT2D eigenvalue weighted by molar-refractivity contribution is 1.37. The minimum absolute atomic E-state index is 0.977. The summed E-state index contributed by atoms with van der Waals surface area (Å²) in [5.41, 5.74) is 4.38. The van der Waals surface area contributed by atoms with E-state index in [1.165, 1.54) is 21.8 Å². The van der Waals surface area contributed by atoms with Gasteiger partial charge in [-0.05, 0) is 24.3 Å². The van der Waals surface area contributed by atoms with Crippen molar-refractivity contribution in [3.8, 4) is 0 Å². The third-order valence-corrected chi connectivity index (χ3v) is 4.76. The molecule has 6 rings (SSSR count). The van der Waals surface area contributed by atoms with Gasteiger partial charge in [0.1, 0.15) is 0 Å². The summed E-state index contributed by atoms with van der Waals surface area (Å²) in [6, 6.07) is 28.9. The second-order valence-corrected chi connectivity index (χ2v) is 6.43. The maximum Gasteiger partial charge on any atom is 0.0964 e. The van der Waals surface area contributed by atoms with Crippen LogP contribution in [-0.4, -0.2) is 15.0 Å². The summed E-state index contributed by atoms with van der Waals surface area (Å²) in [5.74, 6) is 0. The smallest absolute Gasteiger partial charge is 0.0964 e. The molecule has 3 heterocycles. The second kappa shape index (κ2) is 6.54. The quantitative estimate of drug-likeness (QED) is 0.337. The molecule has 0 saturated carbocycles. The van der Waals surface area contributed by atoms with E-state index >= 15 is 0 Å². The fourth-order valence-electron chi connectivity index (χ4n) is 3.48. The lowest BCUT2D eigenvalue weighted by atomic mass is 10.1. The fourth-order valence-corrected chi connectivity index (χ4v) is 3.48. The molecule has 3 nitrogen and oxygen atoms in total. The van der Waals surface area contributed by atoms with Crippen LogP contribution in [0.1, 0.15) is 0 Å². The molecule has 3 heteroatoms. The summed E-state index contributed by atoms with van der Waals surface area (Å²) in [6.07, 6.45) is 3.60. The summed E-state index contributed by atoms with van der Waals surface area (Å²) < 4.78 is 0. The summed E-state index contributed by atoms with van der Waals surface area (Å²) in [7, 11) is 0. The lowest BCUT2D eigenvalue weighted by Crippen LogP contribution is -1.83. The van der Waals surface area contributed by atoms with Crippen molar-refractivity contribution in [1.82, 2.24) is 15.0 Å². The highest BCUT2D eigenvalue weighted by Gasteiger charge is 2.01. The van der Waals surface area contributed by atoms with Crippen LogP contribution in [0.2, 0.25) is 0 Å². The van der Waals surface area contributed by atoms with Gasteiger partial charge in [-0.15, -0.1) is 0 Å². The first-order chi connectivity index (χ1) is 13.4. The first-order valence-electron chi connectivity index (χ1n) is 8.94. The van der Waals surface area contributed by atoms with Crippen LogP contribution in [-0.2, 0) is 0 Å². The third kappa shape index (κ3) is 2.79. The number of benzene rings is 3. The first-order valence-corrected chi connectivity index (χ1v) is 8.94. The predicted octanol–water partition coefficient (Wildman–Crippen LogP) is 6.10. The van der Waals surface area contributed by atoms with Crippen LogP contribution in [0.3, 0.4) is 0 Å². The third-order valence-electron chi connectivity index (χ3n) is 4.76. The highest BCUT2D eigenvalue weighted by atomic mass is 14.7. The zero-order chi connectivity index (χ0) is 18.1. The number of nitrogens with zero attached hydrogens (tertiary/aromatic N) is 2. The average Bonchev–Trinajstić information content (AvgIpc) is 3.13. The Kier molecular flexibility index (Phi) is 3.76. The Bertz CT molecular complexity index is 1280. The molecule has 0 unspecified atom stereocenters. The molecule has 0 aliphatic carbocycles. The highest BCUT2D eigenvalue weighted by Crippen LogP contribution is 2.24. The number of hydrogen-bond donors (Lipinski definition) is 1. The minimum Gasteiger partial charge on any atom is -0.355 e. The van der Waals surface area contributed by atoms with E-state index < -0.39 is 0 Å². The van der Waals surface area contributed by atoms with Gasteiger partial charge in [0.05, 0.1) is 11.0 Å². The molecule has 27 heavy (non-hydrogen) atoms. The molecular formula is C24H17N3. The molecular weight excluding hydrogens is 330 g/mol. The van der Waals surface area contributed by atoms with E-state index in [4.69, 9.17) is 0 Å². The number of pyridine rings is 2. The van der Waals surface area contributed by atoms with Crippen molar-refractivity contribution in [2.24, 2.45) is 0 Å². The molecule has 0 saturated heterocycles. The number of rotatable bonds is 0. The van der Waals surface area contributed by atoms with Gasteiger partial charge in [0.25, 0.3) is 0 Å². The molecule has 6 aromatic rings. The predicted molar refractivity (Wildman–Crippen MR) is 113 cm³/mol. The van der Waals surface area contributed by atoms with Gasteiger partial charge < -0.3 is 4.98 Å². The monoisotopic (exact) mass is 347 g/mol. The van der Waals surface area contributed by atoms with E-state index in [9.17, 15) is 0 Å². The van der Waals surface area contributed by atoms with Gasteiger partial charge in [-0.1, -0.05) is 60.7 Å². The number of aromatic nitrogens is 3. The van der Waals surface area contributed by atoms with Gasteiger partial charge in [0.15, 0.2) is 0 Å². The maximum absolute atomic E-state index is 4.35. The summed E-state index contributed by atoms with van der Waals surface area (Å²) >= 11 is 0. The molecule has 0 spiro atoms. The SMILES string of the molecule is c1ccc2c(c1)[nH]c1ccccc12.c1cnc2c(c1)ccc1cccnc12. The highest BCUT2D eigenvalue weighted by molar-refractivity contribution is 6.07. The zero-order valence-corrected chi connectivity index (χ0v) is 14.6. The molecule has 128 valence electrons. The number of para-hydroxylation sites is 2. The van der Waals surface area contributed by atoms with Crippen molar-refractivity contribution in [2.75, 3.05) is 0 Å². The molecule has 1 N–H and O–H groups in total. The van der Waals surface area contributed by atoms with Gasteiger partial charge in [-0.2, -0.15) is 0 Å². The second-order valence-electron chi connectivity index (χ2n) is 6.43. The Morgan fingerprint density at radius 3 is 1.48 bits per heavy atom. The molecule has 0 atom stereocenters. The molecule has 0 aliphatic rings. The van der Waals surface area contributed by atoms with Gasteiger partial charge >= 0.3 is 0 Å². The molecule has 0 bridgehead atoms. The Hall–Kier alpha value is -3.72. The summed E-state index contributed by atoms with van der Waals surface area (Å²) in [5, 5.41) is 4.88. The molecule has 0 fully saturated rings. The van der Waals surface area contributed by atoms with Crippen LogP contribution in [0, 0.1) is 0 Å². The molecule has 3 aromatic carbocycles.